The fraction of sp³-hybridized carbons (Fsp3) is 0.657. The van der Waals surface area contributed by atoms with Gasteiger partial charge in [0.15, 0.2) is 0 Å². The fourth-order valence-corrected chi connectivity index (χ4v) is 9.61. The maximum atomic E-state index is 13.0. The quantitative estimate of drug-likeness (QED) is 0.208. The van der Waals surface area contributed by atoms with E-state index in [4.69, 9.17) is 4.74 Å². The summed E-state index contributed by atoms with van der Waals surface area (Å²) < 4.78 is 6.09. The van der Waals surface area contributed by atoms with Crippen molar-refractivity contribution in [2.45, 2.75) is 71.3 Å². The molecular formula is C35H48N3O3Pr-. The van der Waals surface area contributed by atoms with Gasteiger partial charge in [-0.2, -0.15) is 0 Å². The van der Waals surface area contributed by atoms with E-state index < -0.39 is 0 Å². The first-order chi connectivity index (χ1) is 19.8. The second-order valence-corrected chi connectivity index (χ2v) is 14.0. The van der Waals surface area contributed by atoms with Crippen molar-refractivity contribution in [3.8, 4) is 0 Å². The van der Waals surface area contributed by atoms with Crippen molar-refractivity contribution in [3.05, 3.63) is 61.3 Å². The van der Waals surface area contributed by atoms with Gasteiger partial charge in [-0.05, 0) is 91.1 Å². The molecule has 4 fully saturated rings. The number of carbonyl (C=O) groups excluding carboxylic acids is 2. The Morgan fingerprint density at radius 2 is 1.79 bits per heavy atom. The van der Waals surface area contributed by atoms with Crippen LogP contribution in [0.3, 0.4) is 0 Å². The van der Waals surface area contributed by atoms with Gasteiger partial charge in [-0.1, -0.05) is 44.9 Å². The minimum absolute atomic E-state index is 0. The number of fused-ring (bicyclic) bond motifs is 5. The molecule has 42 heavy (non-hydrogen) atoms. The van der Waals surface area contributed by atoms with Gasteiger partial charge in [0.25, 0.3) is 5.91 Å². The summed E-state index contributed by atoms with van der Waals surface area (Å²) in [6, 6.07) is 5.40. The molecule has 1 aliphatic heterocycles. The summed E-state index contributed by atoms with van der Waals surface area (Å²) in [5.41, 5.74) is 1.24. The molecule has 0 N–H and O–H groups in total. The number of aromatic nitrogens is 1. The zero-order chi connectivity index (χ0) is 28.6. The van der Waals surface area contributed by atoms with Crippen LogP contribution in [-0.4, -0.2) is 65.5 Å². The Morgan fingerprint density at radius 3 is 2.52 bits per heavy atom. The summed E-state index contributed by atoms with van der Waals surface area (Å²) >= 11 is 0. The SMILES string of the molecule is [CH2-]/C=C/CC1CCC2C3C=CC4CC(OC(=O)CN5CCN(C(=O)c6ccccn6)CC5)CCC4(C)C3CCC12C.[Pr]. The Labute approximate surface area is 286 Å². The van der Waals surface area contributed by atoms with Crippen molar-refractivity contribution in [1.82, 2.24) is 14.8 Å². The number of nitrogens with zero attached hydrogens (tertiary/aromatic N) is 3. The number of piperazine rings is 1. The van der Waals surface area contributed by atoms with Crippen molar-refractivity contribution in [2.75, 3.05) is 32.7 Å². The number of esters is 1. The predicted octanol–water partition coefficient (Wildman–Crippen LogP) is 5.97. The van der Waals surface area contributed by atoms with Crippen LogP contribution in [0.2, 0.25) is 0 Å². The average molecular weight is 700 g/mol. The molecule has 8 unspecified atom stereocenters. The fourth-order valence-electron chi connectivity index (χ4n) is 9.61. The van der Waals surface area contributed by atoms with Gasteiger partial charge in [0, 0.05) is 73.7 Å². The topological polar surface area (TPSA) is 62.7 Å². The first kappa shape index (κ1) is 32.2. The molecule has 1 amide bonds. The molecule has 0 spiro atoms. The molecule has 0 bridgehead atoms. The van der Waals surface area contributed by atoms with Crippen LogP contribution in [0.15, 0.2) is 48.7 Å². The van der Waals surface area contributed by atoms with E-state index in [2.05, 4.69) is 48.9 Å². The van der Waals surface area contributed by atoms with Crippen LogP contribution in [0.5, 0.6) is 0 Å². The summed E-state index contributed by atoms with van der Waals surface area (Å²) in [5.74, 6) is 3.38. The van der Waals surface area contributed by atoms with Gasteiger partial charge >= 0.3 is 5.97 Å². The zero-order valence-electron chi connectivity index (χ0n) is 25.6. The van der Waals surface area contributed by atoms with Gasteiger partial charge in [0.1, 0.15) is 11.8 Å². The van der Waals surface area contributed by atoms with Crippen LogP contribution in [0.1, 0.15) is 75.7 Å². The molecule has 6 nitrogen and oxygen atoms in total. The molecule has 1 aromatic rings. The van der Waals surface area contributed by atoms with Gasteiger partial charge in [-0.3, -0.25) is 19.5 Å². The third-order valence-electron chi connectivity index (χ3n) is 12.1. The maximum absolute atomic E-state index is 13.0. The number of carbonyl (C=O) groups is 2. The molecule has 8 atom stereocenters. The monoisotopic (exact) mass is 699 g/mol. The number of amides is 1. The molecular weight excluding hydrogens is 651 g/mol. The normalized spacial score (nSPS) is 37.8. The van der Waals surface area contributed by atoms with Crippen LogP contribution >= 0.6 is 0 Å². The second kappa shape index (κ2) is 13.4. The molecule has 1 radical (unpaired) electrons. The number of rotatable bonds is 6. The van der Waals surface area contributed by atoms with E-state index in [9.17, 15) is 9.59 Å². The third-order valence-corrected chi connectivity index (χ3v) is 12.1. The number of ether oxygens (including phenoxy) is 1. The Morgan fingerprint density at radius 1 is 1.02 bits per heavy atom. The predicted molar refractivity (Wildman–Crippen MR) is 161 cm³/mol. The van der Waals surface area contributed by atoms with E-state index in [1.807, 2.05) is 23.1 Å². The summed E-state index contributed by atoms with van der Waals surface area (Å²) in [7, 11) is 0. The van der Waals surface area contributed by atoms with Crippen molar-refractivity contribution >= 4 is 11.9 Å². The largest absolute Gasteiger partial charge is 0.461 e. The van der Waals surface area contributed by atoms with Crippen LogP contribution in [0, 0.1) is 88.6 Å². The van der Waals surface area contributed by atoms with Gasteiger partial charge in [0.05, 0.1) is 6.54 Å². The minimum atomic E-state index is -0.123. The smallest absolute Gasteiger partial charge is 0.320 e. The third kappa shape index (κ3) is 6.16. The summed E-state index contributed by atoms with van der Waals surface area (Å²) in [6.45, 7) is 11.9. The van der Waals surface area contributed by atoms with Crippen LogP contribution in [-0.2, 0) is 9.53 Å². The first-order valence-corrected chi connectivity index (χ1v) is 16.1. The van der Waals surface area contributed by atoms with E-state index in [0.717, 1.165) is 37.0 Å². The zero-order valence-corrected chi connectivity index (χ0v) is 29.3. The average Bonchev–Trinajstić information content (AvgIpc) is 3.32. The van der Waals surface area contributed by atoms with E-state index in [1.165, 1.54) is 32.1 Å². The van der Waals surface area contributed by atoms with E-state index in [0.29, 0.717) is 61.1 Å². The van der Waals surface area contributed by atoms with Gasteiger partial charge in [0.2, 0.25) is 0 Å². The summed E-state index contributed by atoms with van der Waals surface area (Å²) in [6.07, 6.45) is 20.7. The summed E-state index contributed by atoms with van der Waals surface area (Å²) in [5, 5.41) is 0. The molecule has 7 heteroatoms. The Bertz CT molecular complexity index is 1170. The standard InChI is InChI=1S/C35H48N3O3.Pr/c1-4-5-8-25-11-13-29-28-12-10-26-23-27(14-16-35(26,3)30(28)15-17-34(25,29)2)41-32(39)24-37-19-21-38(22-20-37)33(40)31-9-6-7-18-36-31;/h4-7,9-10,12,18,25-30H,1,8,11,13-17,19-24H2,2-3H3;/q-1;/b5-4+;. The van der Waals surface area contributed by atoms with Crippen molar-refractivity contribution in [1.29, 1.82) is 0 Å². The van der Waals surface area contributed by atoms with E-state index >= 15 is 0 Å². The number of pyridine rings is 1. The summed E-state index contributed by atoms with van der Waals surface area (Å²) in [4.78, 5) is 33.8. The van der Waals surface area contributed by atoms with Gasteiger partial charge in [-0.25, -0.2) is 19.1 Å². The van der Waals surface area contributed by atoms with E-state index in [1.54, 1.807) is 12.3 Å². The number of allylic oxidation sites excluding steroid dienone is 4. The minimum Gasteiger partial charge on any atom is -0.461 e. The van der Waals surface area contributed by atoms with Crippen LogP contribution in [0.25, 0.3) is 0 Å². The molecule has 6 rings (SSSR count). The second-order valence-electron chi connectivity index (χ2n) is 14.0. The molecule has 1 saturated heterocycles. The Balaban J connectivity index is 0.00000353. The number of hydrogen-bond donors (Lipinski definition) is 0. The van der Waals surface area contributed by atoms with Crippen LogP contribution < -0.4 is 0 Å². The maximum Gasteiger partial charge on any atom is 0.320 e. The molecule has 0 aromatic carbocycles. The van der Waals surface area contributed by atoms with Gasteiger partial charge < -0.3 is 9.64 Å². The molecule has 2 heterocycles. The molecule has 5 aliphatic rings. The number of hydrogen-bond acceptors (Lipinski definition) is 5. The first-order valence-electron chi connectivity index (χ1n) is 16.1. The molecule has 4 aliphatic carbocycles. The van der Waals surface area contributed by atoms with Crippen molar-refractivity contribution in [3.63, 3.8) is 0 Å². The van der Waals surface area contributed by atoms with Crippen molar-refractivity contribution < 1.29 is 55.6 Å². The Hall–Kier alpha value is -1.24. The molecule has 1 aromatic heterocycles. The molecule has 3 saturated carbocycles. The van der Waals surface area contributed by atoms with Gasteiger partial charge in [-0.15, -0.1) is 0 Å². The Kier molecular flexibility index (Phi) is 10.3. The van der Waals surface area contributed by atoms with E-state index in [-0.39, 0.29) is 59.3 Å². The van der Waals surface area contributed by atoms with Crippen LogP contribution in [0.4, 0.5) is 0 Å². The molecule has 225 valence electrons. The van der Waals surface area contributed by atoms with Crippen molar-refractivity contribution in [2.24, 2.45) is 40.4 Å².